The lowest BCUT2D eigenvalue weighted by atomic mass is 10.1. The Hall–Kier alpha value is -3.41. The first-order valence-corrected chi connectivity index (χ1v) is 8.97. The van der Waals surface area contributed by atoms with Gasteiger partial charge in [-0.1, -0.05) is 47.6 Å². The highest BCUT2D eigenvalue weighted by molar-refractivity contribution is 5.94. The molecule has 1 aromatic heterocycles. The van der Waals surface area contributed by atoms with Gasteiger partial charge in [-0.15, -0.1) is 0 Å². The predicted molar refractivity (Wildman–Crippen MR) is 104 cm³/mol. The second kappa shape index (κ2) is 8.52. The smallest absolute Gasteiger partial charge is 0.276 e. The quantitative estimate of drug-likeness (QED) is 0.574. The van der Waals surface area contributed by atoms with E-state index in [9.17, 15) is 9.59 Å². The van der Waals surface area contributed by atoms with Crippen LogP contribution in [0.15, 0.2) is 65.2 Å². The van der Waals surface area contributed by atoms with Gasteiger partial charge in [-0.2, -0.15) is 0 Å². The summed E-state index contributed by atoms with van der Waals surface area (Å²) in [4.78, 5) is 25.8. The topological polar surface area (TPSA) is 72.6 Å². The Balaban J connectivity index is 1.64. The summed E-state index contributed by atoms with van der Waals surface area (Å²) in [6.07, 6.45) is 0. The zero-order valence-corrected chi connectivity index (χ0v) is 16.1. The molecule has 0 saturated heterocycles. The van der Waals surface area contributed by atoms with Gasteiger partial charge in [0.15, 0.2) is 17.2 Å². The number of hydrogen-bond donors (Lipinski definition) is 0. The highest BCUT2D eigenvalue weighted by atomic mass is 16.5. The molecule has 0 aliphatic carbocycles. The minimum atomic E-state index is -0.232. The monoisotopic (exact) mass is 378 g/mol. The number of benzene rings is 2. The van der Waals surface area contributed by atoms with Crippen LogP contribution in [0.5, 0.6) is 5.75 Å². The first-order valence-electron chi connectivity index (χ1n) is 8.97. The van der Waals surface area contributed by atoms with E-state index in [1.165, 1.54) is 6.92 Å². The van der Waals surface area contributed by atoms with E-state index in [1.807, 2.05) is 37.3 Å². The number of ketones is 1. The molecule has 0 saturated carbocycles. The van der Waals surface area contributed by atoms with Gasteiger partial charge in [-0.25, -0.2) is 0 Å². The molecular formula is C22H22N2O4. The summed E-state index contributed by atoms with van der Waals surface area (Å²) >= 11 is 0. The predicted octanol–water partition coefficient (Wildman–Crippen LogP) is 4.29. The fourth-order valence-electron chi connectivity index (χ4n) is 2.75. The molecule has 0 fully saturated rings. The van der Waals surface area contributed by atoms with Crippen LogP contribution in [0.3, 0.4) is 0 Å². The van der Waals surface area contributed by atoms with Gasteiger partial charge in [0.1, 0.15) is 12.4 Å². The molecule has 1 atom stereocenters. The Kier molecular flexibility index (Phi) is 5.89. The normalized spacial score (nSPS) is 11.7. The van der Waals surface area contributed by atoms with Crippen molar-refractivity contribution in [3.05, 3.63) is 83.2 Å². The van der Waals surface area contributed by atoms with Gasteiger partial charge in [0.05, 0.1) is 6.04 Å². The average molecular weight is 378 g/mol. The Bertz CT molecular complexity index is 965. The van der Waals surface area contributed by atoms with Gasteiger partial charge in [0.2, 0.25) is 0 Å². The standard InChI is InChI=1S/C22H22N2O4/c1-15(17-8-5-4-6-9-17)24(3)22(26)21-13-20(28-23-21)14-27-19-11-7-10-18(12-19)16(2)25/h4-13,15H,14H2,1-3H3. The number of amides is 1. The number of carbonyl (C=O) groups excluding carboxylic acids is 2. The zero-order chi connectivity index (χ0) is 20.1. The van der Waals surface area contributed by atoms with Crippen LogP contribution < -0.4 is 4.74 Å². The van der Waals surface area contributed by atoms with E-state index in [1.54, 1.807) is 42.3 Å². The SMILES string of the molecule is CC(=O)c1cccc(OCc2cc(C(=O)N(C)C(C)c3ccccc3)no2)c1. The van der Waals surface area contributed by atoms with Crippen molar-refractivity contribution in [1.82, 2.24) is 10.1 Å². The van der Waals surface area contributed by atoms with Gasteiger partial charge >= 0.3 is 0 Å². The molecule has 0 spiro atoms. The first kappa shape index (κ1) is 19.4. The van der Waals surface area contributed by atoms with Crippen LogP contribution in [0.4, 0.5) is 0 Å². The average Bonchev–Trinajstić information content (AvgIpc) is 3.20. The number of Topliss-reactive ketones (excluding diaryl/α,β-unsaturated/α-hetero) is 1. The maximum absolute atomic E-state index is 12.7. The molecule has 0 N–H and O–H groups in total. The third-order valence-corrected chi connectivity index (χ3v) is 4.58. The molecule has 0 bridgehead atoms. The second-order valence-electron chi connectivity index (χ2n) is 6.55. The van der Waals surface area contributed by atoms with E-state index >= 15 is 0 Å². The highest BCUT2D eigenvalue weighted by Crippen LogP contribution is 2.21. The van der Waals surface area contributed by atoms with E-state index in [4.69, 9.17) is 9.26 Å². The Morgan fingerprint density at radius 1 is 1.11 bits per heavy atom. The number of ether oxygens (including phenoxy) is 1. The van der Waals surface area contributed by atoms with Crippen molar-refractivity contribution in [2.24, 2.45) is 0 Å². The second-order valence-corrected chi connectivity index (χ2v) is 6.55. The highest BCUT2D eigenvalue weighted by Gasteiger charge is 2.22. The Labute approximate surface area is 163 Å². The van der Waals surface area contributed by atoms with Gasteiger partial charge < -0.3 is 14.2 Å². The summed E-state index contributed by atoms with van der Waals surface area (Å²) in [5.41, 5.74) is 1.83. The largest absolute Gasteiger partial charge is 0.486 e. The molecule has 1 amide bonds. The van der Waals surface area contributed by atoms with Crippen molar-refractivity contribution in [3.8, 4) is 5.75 Å². The fraction of sp³-hybridized carbons (Fsp3) is 0.227. The number of rotatable bonds is 7. The van der Waals surface area contributed by atoms with Gasteiger partial charge in [0, 0.05) is 18.7 Å². The minimum absolute atomic E-state index is 0.0337. The van der Waals surface area contributed by atoms with E-state index in [-0.39, 0.29) is 30.0 Å². The lowest BCUT2D eigenvalue weighted by Gasteiger charge is -2.24. The fourth-order valence-corrected chi connectivity index (χ4v) is 2.75. The summed E-state index contributed by atoms with van der Waals surface area (Å²) in [7, 11) is 1.73. The van der Waals surface area contributed by atoms with Crippen molar-refractivity contribution in [3.63, 3.8) is 0 Å². The van der Waals surface area contributed by atoms with Crippen LogP contribution in [-0.2, 0) is 6.61 Å². The molecule has 6 heteroatoms. The molecule has 3 rings (SSSR count). The third kappa shape index (κ3) is 4.46. The molecule has 3 aromatic rings. The number of hydrogen-bond acceptors (Lipinski definition) is 5. The van der Waals surface area contributed by atoms with Crippen molar-refractivity contribution < 1.29 is 18.8 Å². The van der Waals surface area contributed by atoms with E-state index < -0.39 is 0 Å². The van der Waals surface area contributed by atoms with Crippen LogP contribution in [0.1, 0.15) is 52.1 Å². The van der Waals surface area contributed by atoms with Gasteiger partial charge in [-0.05, 0) is 31.5 Å². The summed E-state index contributed by atoms with van der Waals surface area (Å²) < 4.78 is 10.9. The zero-order valence-electron chi connectivity index (χ0n) is 16.1. The van der Waals surface area contributed by atoms with Crippen LogP contribution in [0.2, 0.25) is 0 Å². The summed E-state index contributed by atoms with van der Waals surface area (Å²) in [6.45, 7) is 3.57. The van der Waals surface area contributed by atoms with Crippen LogP contribution in [0.25, 0.3) is 0 Å². The van der Waals surface area contributed by atoms with Crippen LogP contribution >= 0.6 is 0 Å². The number of carbonyl (C=O) groups is 2. The summed E-state index contributed by atoms with van der Waals surface area (Å²) in [5, 5.41) is 3.87. The molecule has 28 heavy (non-hydrogen) atoms. The van der Waals surface area contributed by atoms with Crippen molar-refractivity contribution in [1.29, 1.82) is 0 Å². The summed E-state index contributed by atoms with van der Waals surface area (Å²) in [5.74, 6) is 0.711. The van der Waals surface area contributed by atoms with Crippen LogP contribution in [-0.4, -0.2) is 28.8 Å². The maximum Gasteiger partial charge on any atom is 0.276 e. The van der Waals surface area contributed by atoms with E-state index in [2.05, 4.69) is 5.16 Å². The molecular weight excluding hydrogens is 356 g/mol. The van der Waals surface area contributed by atoms with Gasteiger partial charge in [0.25, 0.3) is 5.91 Å². The Morgan fingerprint density at radius 2 is 1.86 bits per heavy atom. The van der Waals surface area contributed by atoms with Crippen molar-refractivity contribution in [2.45, 2.75) is 26.5 Å². The van der Waals surface area contributed by atoms with Crippen molar-refractivity contribution >= 4 is 11.7 Å². The third-order valence-electron chi connectivity index (χ3n) is 4.58. The Morgan fingerprint density at radius 3 is 2.57 bits per heavy atom. The molecule has 144 valence electrons. The summed E-state index contributed by atoms with van der Waals surface area (Å²) in [6, 6.07) is 18.2. The molecule has 6 nitrogen and oxygen atoms in total. The van der Waals surface area contributed by atoms with Gasteiger partial charge in [-0.3, -0.25) is 9.59 Å². The van der Waals surface area contributed by atoms with E-state index in [0.717, 1.165) is 5.56 Å². The molecule has 2 aromatic carbocycles. The van der Waals surface area contributed by atoms with E-state index in [0.29, 0.717) is 17.1 Å². The number of aromatic nitrogens is 1. The first-order chi connectivity index (χ1) is 13.5. The maximum atomic E-state index is 12.7. The van der Waals surface area contributed by atoms with Crippen molar-refractivity contribution in [2.75, 3.05) is 7.05 Å². The minimum Gasteiger partial charge on any atom is -0.486 e. The molecule has 1 heterocycles. The lowest BCUT2D eigenvalue weighted by Crippen LogP contribution is -2.29. The molecule has 1 unspecified atom stereocenters. The molecule has 0 aliphatic rings. The molecule has 0 aliphatic heterocycles. The number of nitrogens with zero attached hydrogens (tertiary/aromatic N) is 2. The van der Waals surface area contributed by atoms with Crippen LogP contribution in [0, 0.1) is 0 Å². The molecule has 0 radical (unpaired) electrons. The lowest BCUT2D eigenvalue weighted by molar-refractivity contribution is 0.0731.